The molecule has 0 spiro atoms. The molecule has 1 heterocycles. The third-order valence-corrected chi connectivity index (χ3v) is 6.88. The van der Waals surface area contributed by atoms with E-state index in [1.54, 1.807) is 6.07 Å². The van der Waals surface area contributed by atoms with Crippen molar-refractivity contribution in [1.82, 2.24) is 5.32 Å². The number of hydrogen-bond acceptors (Lipinski definition) is 4. The molecule has 1 atom stereocenters. The molecular weight excluding hydrogens is 446 g/mol. The van der Waals surface area contributed by atoms with E-state index in [-0.39, 0.29) is 30.4 Å². The fourth-order valence-electron chi connectivity index (χ4n) is 3.71. The van der Waals surface area contributed by atoms with Crippen LogP contribution >= 0.6 is 11.3 Å². The highest BCUT2D eigenvalue weighted by atomic mass is 32.1. The second-order valence-corrected chi connectivity index (χ2v) is 10.5. The monoisotopic (exact) mass is 479 g/mol. The largest absolute Gasteiger partial charge is 0.485 e. The van der Waals surface area contributed by atoms with Gasteiger partial charge in [0, 0.05) is 11.4 Å². The van der Waals surface area contributed by atoms with Gasteiger partial charge in [0.05, 0.1) is 11.3 Å². The zero-order valence-electron chi connectivity index (χ0n) is 20.5. The fourth-order valence-corrected chi connectivity index (χ4v) is 4.75. The van der Waals surface area contributed by atoms with E-state index < -0.39 is 5.97 Å². The number of benzene rings is 2. The number of carboxylic acids is 1. The molecule has 3 aromatic rings. The van der Waals surface area contributed by atoms with Gasteiger partial charge in [-0.1, -0.05) is 58.0 Å². The number of rotatable bonds is 9. The maximum absolute atomic E-state index is 12.3. The van der Waals surface area contributed by atoms with Crippen LogP contribution in [0.1, 0.15) is 72.3 Å². The van der Waals surface area contributed by atoms with Crippen LogP contribution in [0.4, 0.5) is 0 Å². The lowest BCUT2D eigenvalue weighted by Gasteiger charge is -2.20. The molecule has 0 unspecified atom stereocenters. The van der Waals surface area contributed by atoms with Crippen molar-refractivity contribution in [3.8, 4) is 16.9 Å². The number of ether oxygens (including phenoxy) is 1. The molecule has 5 nitrogen and oxygen atoms in total. The lowest BCUT2D eigenvalue weighted by Crippen LogP contribution is -2.25. The molecule has 0 aliphatic heterocycles. The summed E-state index contributed by atoms with van der Waals surface area (Å²) in [5.74, 6) is -0.403. The van der Waals surface area contributed by atoms with Crippen molar-refractivity contribution < 1.29 is 19.4 Å². The van der Waals surface area contributed by atoms with E-state index in [0.717, 1.165) is 22.6 Å². The lowest BCUT2D eigenvalue weighted by molar-refractivity contribution is -0.136. The predicted molar refractivity (Wildman–Crippen MR) is 138 cm³/mol. The summed E-state index contributed by atoms with van der Waals surface area (Å²) in [6, 6.07) is 18.6. The standard InChI is InChI=1S/C28H33NO4S/c1-6-23(24-13-14-25(34-24)27(32)29-16-15-26(30)31)33-21-11-12-22(18(2)17-21)19-7-9-20(10-8-19)28(3,4)5/h7-14,17,23H,6,15-16H2,1-5H3,(H,29,32)(H,30,31)/t23-/m0/s1. The number of aliphatic carboxylic acids is 1. The molecule has 0 radical (unpaired) electrons. The average Bonchev–Trinajstić information content (AvgIpc) is 3.27. The molecule has 2 aromatic carbocycles. The Morgan fingerprint density at radius 1 is 1.06 bits per heavy atom. The van der Waals surface area contributed by atoms with Gasteiger partial charge in [-0.2, -0.15) is 0 Å². The van der Waals surface area contributed by atoms with Crippen molar-refractivity contribution in [2.75, 3.05) is 6.54 Å². The molecule has 2 N–H and O–H groups in total. The fraction of sp³-hybridized carbons (Fsp3) is 0.357. The Bertz CT molecular complexity index is 1140. The molecule has 0 saturated heterocycles. The third kappa shape index (κ3) is 6.48. The molecule has 3 rings (SSSR count). The molecule has 180 valence electrons. The van der Waals surface area contributed by atoms with Gasteiger partial charge >= 0.3 is 5.97 Å². The summed E-state index contributed by atoms with van der Waals surface area (Å²) >= 11 is 1.37. The summed E-state index contributed by atoms with van der Waals surface area (Å²) in [5, 5.41) is 11.4. The number of carbonyl (C=O) groups excluding carboxylic acids is 1. The highest BCUT2D eigenvalue weighted by molar-refractivity contribution is 7.14. The molecule has 0 saturated carbocycles. The van der Waals surface area contributed by atoms with Crippen molar-refractivity contribution in [3.63, 3.8) is 0 Å². The second kappa shape index (κ2) is 10.9. The van der Waals surface area contributed by atoms with Crippen molar-refractivity contribution >= 4 is 23.2 Å². The first kappa shape index (κ1) is 25.5. The Hall–Kier alpha value is -3.12. The summed E-state index contributed by atoms with van der Waals surface area (Å²) in [7, 11) is 0. The number of hydrogen-bond donors (Lipinski definition) is 2. The van der Waals surface area contributed by atoms with E-state index in [2.05, 4.69) is 76.3 Å². The zero-order valence-corrected chi connectivity index (χ0v) is 21.3. The first-order valence-electron chi connectivity index (χ1n) is 11.6. The summed E-state index contributed by atoms with van der Waals surface area (Å²) in [5.41, 5.74) is 4.94. The number of carboxylic acid groups (broad SMARTS) is 1. The maximum Gasteiger partial charge on any atom is 0.305 e. The molecule has 1 amide bonds. The van der Waals surface area contributed by atoms with Gasteiger partial charge in [0.2, 0.25) is 0 Å². The van der Waals surface area contributed by atoms with Crippen LogP contribution in [0, 0.1) is 6.92 Å². The molecule has 6 heteroatoms. The van der Waals surface area contributed by atoms with Gasteiger partial charge in [0.1, 0.15) is 11.9 Å². The van der Waals surface area contributed by atoms with Crippen LogP contribution in [0.5, 0.6) is 5.75 Å². The van der Waals surface area contributed by atoms with Crippen molar-refractivity contribution in [2.24, 2.45) is 0 Å². The smallest absolute Gasteiger partial charge is 0.305 e. The van der Waals surface area contributed by atoms with Crippen LogP contribution in [0.3, 0.4) is 0 Å². The molecule has 1 aromatic heterocycles. The lowest BCUT2D eigenvalue weighted by atomic mass is 9.86. The second-order valence-electron chi connectivity index (χ2n) is 9.42. The van der Waals surface area contributed by atoms with Gasteiger partial charge in [0.15, 0.2) is 0 Å². The van der Waals surface area contributed by atoms with E-state index in [9.17, 15) is 9.59 Å². The molecular formula is C28H33NO4S. The Labute approximate surface area is 205 Å². The SMILES string of the molecule is CC[C@H](Oc1ccc(-c2ccc(C(C)(C)C)cc2)c(C)c1)c1ccc(C(=O)NCCC(=O)O)s1. The Morgan fingerprint density at radius 2 is 1.76 bits per heavy atom. The normalized spacial score (nSPS) is 12.3. The average molecular weight is 480 g/mol. The van der Waals surface area contributed by atoms with Crippen LogP contribution in [-0.4, -0.2) is 23.5 Å². The van der Waals surface area contributed by atoms with Crippen molar-refractivity contribution in [3.05, 3.63) is 75.5 Å². The van der Waals surface area contributed by atoms with Gasteiger partial charge in [0.25, 0.3) is 5.91 Å². The summed E-state index contributed by atoms with van der Waals surface area (Å²) in [6.07, 6.45) is 0.498. The first-order chi connectivity index (χ1) is 16.1. The number of aryl methyl sites for hydroxylation is 1. The minimum absolute atomic E-state index is 0.0965. The molecule has 0 aliphatic rings. The Kier molecular flexibility index (Phi) is 8.15. The highest BCUT2D eigenvalue weighted by Crippen LogP contribution is 2.33. The summed E-state index contributed by atoms with van der Waals surface area (Å²) in [6.45, 7) is 10.9. The van der Waals surface area contributed by atoms with E-state index >= 15 is 0 Å². The van der Waals surface area contributed by atoms with E-state index in [4.69, 9.17) is 9.84 Å². The van der Waals surface area contributed by atoms with E-state index in [1.807, 2.05) is 12.1 Å². The Morgan fingerprint density at radius 3 is 2.35 bits per heavy atom. The minimum Gasteiger partial charge on any atom is -0.485 e. The molecule has 0 aliphatic carbocycles. The van der Waals surface area contributed by atoms with E-state index in [0.29, 0.717) is 4.88 Å². The van der Waals surface area contributed by atoms with Crippen LogP contribution in [-0.2, 0) is 10.2 Å². The van der Waals surface area contributed by atoms with Crippen LogP contribution in [0.2, 0.25) is 0 Å². The quantitative estimate of drug-likeness (QED) is 0.356. The predicted octanol–water partition coefficient (Wildman–Crippen LogP) is 6.76. The molecule has 0 bridgehead atoms. The third-order valence-electron chi connectivity index (χ3n) is 5.70. The molecule has 34 heavy (non-hydrogen) atoms. The van der Waals surface area contributed by atoms with Crippen molar-refractivity contribution in [1.29, 1.82) is 0 Å². The van der Waals surface area contributed by atoms with Crippen LogP contribution < -0.4 is 10.1 Å². The Balaban J connectivity index is 1.70. The van der Waals surface area contributed by atoms with Crippen molar-refractivity contribution in [2.45, 2.75) is 59.0 Å². The van der Waals surface area contributed by atoms with Gasteiger partial charge in [-0.25, -0.2) is 0 Å². The van der Waals surface area contributed by atoms with Gasteiger partial charge in [-0.05, 0) is 65.3 Å². The van der Waals surface area contributed by atoms with E-state index in [1.165, 1.54) is 28.0 Å². The number of amides is 1. The van der Waals surface area contributed by atoms with Gasteiger partial charge in [-0.15, -0.1) is 11.3 Å². The first-order valence-corrected chi connectivity index (χ1v) is 12.4. The minimum atomic E-state index is -0.935. The zero-order chi connectivity index (χ0) is 24.9. The highest BCUT2D eigenvalue weighted by Gasteiger charge is 2.18. The summed E-state index contributed by atoms with van der Waals surface area (Å²) in [4.78, 5) is 24.4. The number of carbonyl (C=O) groups is 2. The summed E-state index contributed by atoms with van der Waals surface area (Å²) < 4.78 is 6.29. The van der Waals surface area contributed by atoms with Gasteiger partial charge < -0.3 is 15.2 Å². The number of thiophene rings is 1. The number of nitrogens with one attached hydrogen (secondary N) is 1. The van der Waals surface area contributed by atoms with Gasteiger partial charge in [-0.3, -0.25) is 9.59 Å². The topological polar surface area (TPSA) is 75.6 Å². The van der Waals surface area contributed by atoms with Crippen LogP contribution in [0.25, 0.3) is 11.1 Å². The maximum atomic E-state index is 12.3. The van der Waals surface area contributed by atoms with Crippen LogP contribution in [0.15, 0.2) is 54.6 Å². The molecule has 0 fully saturated rings.